The Bertz CT molecular complexity index is 874. The largest absolute Gasteiger partial charge is 0.337 e. The van der Waals surface area contributed by atoms with E-state index in [1.165, 1.54) is 0 Å². The van der Waals surface area contributed by atoms with Gasteiger partial charge in [0.25, 0.3) is 5.79 Å². The first-order valence-corrected chi connectivity index (χ1v) is 7.68. The Morgan fingerprint density at radius 2 is 1.95 bits per heavy atom. The van der Waals surface area contributed by atoms with Crippen molar-refractivity contribution in [1.29, 1.82) is 0 Å². The molecule has 22 heavy (non-hydrogen) atoms. The zero-order valence-electron chi connectivity index (χ0n) is 11.7. The zero-order chi connectivity index (χ0) is 14.7. The van der Waals surface area contributed by atoms with Gasteiger partial charge in [-0.05, 0) is 24.3 Å². The lowest BCUT2D eigenvalue weighted by Crippen LogP contribution is -2.38. The first-order chi connectivity index (χ1) is 10.8. The SMILES string of the molecule is Clc1ccc(C23OCC(Cn4c2nc2ccccc24)O3)cc1. The van der Waals surface area contributed by atoms with Crippen LogP contribution < -0.4 is 0 Å². The molecule has 4 nitrogen and oxygen atoms in total. The molecule has 2 unspecified atom stereocenters. The number of aromatic nitrogens is 2. The fourth-order valence-corrected chi connectivity index (χ4v) is 3.51. The molecule has 0 spiro atoms. The van der Waals surface area contributed by atoms with Crippen molar-refractivity contribution in [1.82, 2.24) is 9.55 Å². The molecule has 1 fully saturated rings. The third-order valence-electron chi connectivity index (χ3n) is 4.36. The standard InChI is InChI=1S/C17H13ClN2O2/c18-12-7-5-11(6-8-12)17-16-19-14-3-1-2-4-15(14)20(16)9-13(22-17)10-21-17/h1-8,13H,9-10H2. The van der Waals surface area contributed by atoms with Crippen LogP contribution in [-0.4, -0.2) is 22.3 Å². The quantitative estimate of drug-likeness (QED) is 0.691. The molecular formula is C17H13ClN2O2. The second-order valence-corrected chi connectivity index (χ2v) is 6.15. The van der Waals surface area contributed by atoms with Crippen molar-refractivity contribution in [3.8, 4) is 0 Å². The molecule has 0 aliphatic carbocycles. The number of ether oxygens (including phenoxy) is 2. The molecule has 1 saturated heterocycles. The summed E-state index contributed by atoms with van der Waals surface area (Å²) in [6.07, 6.45) is 0.0424. The van der Waals surface area contributed by atoms with E-state index < -0.39 is 5.79 Å². The second kappa shape index (κ2) is 4.32. The first kappa shape index (κ1) is 12.6. The van der Waals surface area contributed by atoms with Gasteiger partial charge in [0, 0.05) is 10.6 Å². The monoisotopic (exact) mass is 312 g/mol. The number of hydrogen-bond donors (Lipinski definition) is 0. The molecule has 2 aliphatic heterocycles. The third kappa shape index (κ3) is 1.57. The van der Waals surface area contributed by atoms with Gasteiger partial charge in [0.2, 0.25) is 0 Å². The summed E-state index contributed by atoms with van der Waals surface area (Å²) < 4.78 is 14.5. The number of para-hydroxylation sites is 2. The van der Waals surface area contributed by atoms with Crippen LogP contribution in [0.5, 0.6) is 0 Å². The Morgan fingerprint density at radius 1 is 1.14 bits per heavy atom. The van der Waals surface area contributed by atoms with Crippen LogP contribution in [0.3, 0.4) is 0 Å². The fraction of sp³-hybridized carbons (Fsp3) is 0.235. The fourth-order valence-electron chi connectivity index (χ4n) is 3.39. The summed E-state index contributed by atoms with van der Waals surface area (Å²) >= 11 is 6.01. The molecule has 0 saturated carbocycles. The predicted octanol–water partition coefficient (Wildman–Crippen LogP) is 3.32. The molecule has 2 aliphatic rings. The van der Waals surface area contributed by atoms with E-state index in [2.05, 4.69) is 10.6 Å². The Hall–Kier alpha value is -1.88. The van der Waals surface area contributed by atoms with Crippen molar-refractivity contribution < 1.29 is 9.47 Å². The van der Waals surface area contributed by atoms with Crippen molar-refractivity contribution in [3.05, 3.63) is 64.9 Å². The molecular weight excluding hydrogens is 300 g/mol. The average molecular weight is 313 g/mol. The van der Waals surface area contributed by atoms with E-state index in [1.807, 2.05) is 42.5 Å². The summed E-state index contributed by atoms with van der Waals surface area (Å²) in [6.45, 7) is 1.34. The van der Waals surface area contributed by atoms with E-state index >= 15 is 0 Å². The van der Waals surface area contributed by atoms with Crippen LogP contribution in [0, 0.1) is 0 Å². The molecule has 0 amide bonds. The number of fused-ring (bicyclic) bond motifs is 6. The van der Waals surface area contributed by atoms with E-state index in [1.54, 1.807) is 0 Å². The Labute approximate surface area is 132 Å². The van der Waals surface area contributed by atoms with Gasteiger partial charge in [-0.25, -0.2) is 4.98 Å². The van der Waals surface area contributed by atoms with Crippen LogP contribution in [0.25, 0.3) is 11.0 Å². The van der Waals surface area contributed by atoms with E-state index in [0.29, 0.717) is 11.6 Å². The lowest BCUT2D eigenvalue weighted by atomic mass is 10.0. The van der Waals surface area contributed by atoms with Gasteiger partial charge < -0.3 is 14.0 Å². The van der Waals surface area contributed by atoms with Gasteiger partial charge in [0.05, 0.1) is 24.2 Å². The highest BCUT2D eigenvalue weighted by atomic mass is 35.5. The molecule has 5 rings (SSSR count). The molecule has 0 radical (unpaired) electrons. The maximum absolute atomic E-state index is 6.22. The summed E-state index contributed by atoms with van der Waals surface area (Å²) in [4.78, 5) is 4.78. The van der Waals surface area contributed by atoms with Crippen molar-refractivity contribution in [2.75, 3.05) is 6.61 Å². The molecule has 0 N–H and O–H groups in total. The van der Waals surface area contributed by atoms with E-state index in [9.17, 15) is 0 Å². The molecule has 5 heteroatoms. The maximum Gasteiger partial charge on any atom is 0.256 e. The minimum absolute atomic E-state index is 0.0424. The van der Waals surface area contributed by atoms with Crippen molar-refractivity contribution >= 4 is 22.6 Å². The van der Waals surface area contributed by atoms with Crippen LogP contribution in [0.1, 0.15) is 11.4 Å². The molecule has 1 aromatic heterocycles. The van der Waals surface area contributed by atoms with Gasteiger partial charge in [-0.2, -0.15) is 0 Å². The van der Waals surface area contributed by atoms with Crippen LogP contribution in [0.4, 0.5) is 0 Å². The van der Waals surface area contributed by atoms with Crippen LogP contribution in [0.2, 0.25) is 5.02 Å². The Morgan fingerprint density at radius 3 is 2.82 bits per heavy atom. The lowest BCUT2D eigenvalue weighted by Gasteiger charge is -2.32. The number of hydrogen-bond acceptors (Lipinski definition) is 3. The van der Waals surface area contributed by atoms with Gasteiger partial charge in [-0.3, -0.25) is 0 Å². The predicted molar refractivity (Wildman–Crippen MR) is 82.8 cm³/mol. The Balaban J connectivity index is 1.79. The summed E-state index contributed by atoms with van der Waals surface area (Å²) in [7, 11) is 0. The summed E-state index contributed by atoms with van der Waals surface area (Å²) in [5.41, 5.74) is 3.01. The average Bonchev–Trinajstić information content (AvgIpc) is 3.10. The summed E-state index contributed by atoms with van der Waals surface area (Å²) in [5.74, 6) is -0.114. The summed E-state index contributed by atoms with van der Waals surface area (Å²) in [5, 5.41) is 0.694. The minimum atomic E-state index is -0.924. The van der Waals surface area contributed by atoms with Crippen LogP contribution in [-0.2, 0) is 21.8 Å². The normalized spacial score (nSPS) is 26.3. The molecule has 2 atom stereocenters. The Kier molecular flexibility index (Phi) is 2.48. The van der Waals surface area contributed by atoms with Gasteiger partial charge in [0.1, 0.15) is 6.10 Å². The zero-order valence-corrected chi connectivity index (χ0v) is 12.5. The molecule has 3 aromatic rings. The maximum atomic E-state index is 6.22. The number of benzene rings is 2. The van der Waals surface area contributed by atoms with Gasteiger partial charge in [0.15, 0.2) is 5.82 Å². The molecule has 3 heterocycles. The number of nitrogens with zero attached hydrogens (tertiary/aromatic N) is 2. The minimum Gasteiger partial charge on any atom is -0.337 e. The van der Waals surface area contributed by atoms with E-state index in [4.69, 9.17) is 26.1 Å². The number of halogens is 1. The van der Waals surface area contributed by atoms with Crippen molar-refractivity contribution in [2.24, 2.45) is 0 Å². The smallest absolute Gasteiger partial charge is 0.256 e. The third-order valence-corrected chi connectivity index (χ3v) is 4.62. The highest BCUT2D eigenvalue weighted by Crippen LogP contribution is 2.45. The van der Waals surface area contributed by atoms with Crippen molar-refractivity contribution in [2.45, 2.75) is 18.4 Å². The van der Waals surface area contributed by atoms with Gasteiger partial charge in [-0.1, -0.05) is 35.9 Å². The van der Waals surface area contributed by atoms with Crippen molar-refractivity contribution in [3.63, 3.8) is 0 Å². The van der Waals surface area contributed by atoms with Crippen LogP contribution in [0.15, 0.2) is 48.5 Å². The highest BCUT2D eigenvalue weighted by molar-refractivity contribution is 6.30. The van der Waals surface area contributed by atoms with Crippen LogP contribution >= 0.6 is 11.6 Å². The second-order valence-electron chi connectivity index (χ2n) is 5.71. The molecule has 2 bridgehead atoms. The van der Waals surface area contributed by atoms with Gasteiger partial charge in [-0.15, -0.1) is 0 Å². The van der Waals surface area contributed by atoms with E-state index in [-0.39, 0.29) is 6.10 Å². The highest BCUT2D eigenvalue weighted by Gasteiger charge is 2.52. The lowest BCUT2D eigenvalue weighted by molar-refractivity contribution is -0.162. The number of rotatable bonds is 1. The molecule has 2 aromatic carbocycles. The first-order valence-electron chi connectivity index (χ1n) is 7.30. The molecule has 110 valence electrons. The van der Waals surface area contributed by atoms with Gasteiger partial charge >= 0.3 is 0 Å². The summed E-state index contributed by atoms with van der Waals surface area (Å²) in [6, 6.07) is 15.7. The van der Waals surface area contributed by atoms with E-state index in [0.717, 1.165) is 29.0 Å². The topological polar surface area (TPSA) is 36.3 Å². The number of imidazole rings is 1.